The van der Waals surface area contributed by atoms with Gasteiger partial charge in [0.15, 0.2) is 0 Å². The number of hydrogen-bond acceptors (Lipinski definition) is 3. The molecular formula is C16H24N2O2S. The summed E-state index contributed by atoms with van der Waals surface area (Å²) in [6.45, 7) is 2.65. The first-order valence-electron chi connectivity index (χ1n) is 7.94. The Morgan fingerprint density at radius 3 is 2.76 bits per heavy atom. The monoisotopic (exact) mass is 308 g/mol. The summed E-state index contributed by atoms with van der Waals surface area (Å²) < 4.78 is 27.9. The Bertz CT molecular complexity index is 627. The Kier molecular flexibility index (Phi) is 3.97. The molecule has 3 rings (SSSR count). The molecule has 0 amide bonds. The van der Waals surface area contributed by atoms with Gasteiger partial charge in [-0.3, -0.25) is 0 Å². The molecule has 1 aromatic rings. The minimum Gasteiger partial charge on any atom is -0.399 e. The zero-order chi connectivity index (χ0) is 15.0. The lowest BCUT2D eigenvalue weighted by Gasteiger charge is -2.31. The van der Waals surface area contributed by atoms with Gasteiger partial charge in [0.2, 0.25) is 10.0 Å². The predicted octanol–water partition coefficient (Wildman–Crippen LogP) is 2.78. The van der Waals surface area contributed by atoms with Crippen molar-refractivity contribution in [2.75, 3.05) is 12.3 Å². The van der Waals surface area contributed by atoms with Crippen LogP contribution in [-0.4, -0.2) is 25.3 Å². The van der Waals surface area contributed by atoms with E-state index in [9.17, 15) is 8.42 Å². The quantitative estimate of drug-likeness (QED) is 0.873. The third-order valence-electron chi connectivity index (χ3n) is 5.02. The maximum atomic E-state index is 13.1. The van der Waals surface area contributed by atoms with Gasteiger partial charge in [-0.1, -0.05) is 25.8 Å². The maximum absolute atomic E-state index is 13.1. The Balaban J connectivity index is 1.99. The summed E-state index contributed by atoms with van der Waals surface area (Å²) in [6.07, 6.45) is 6.28. The normalized spacial score (nSPS) is 26.7. The van der Waals surface area contributed by atoms with Crippen molar-refractivity contribution in [3.63, 3.8) is 0 Å². The molecule has 5 heteroatoms. The van der Waals surface area contributed by atoms with Gasteiger partial charge in [-0.05, 0) is 49.3 Å². The van der Waals surface area contributed by atoms with E-state index in [1.165, 1.54) is 12.8 Å². The molecule has 0 aromatic heterocycles. The maximum Gasteiger partial charge on any atom is 0.243 e. The average molecular weight is 308 g/mol. The molecule has 2 aliphatic rings. The van der Waals surface area contributed by atoms with E-state index >= 15 is 0 Å². The van der Waals surface area contributed by atoms with E-state index in [0.29, 0.717) is 29.5 Å². The van der Waals surface area contributed by atoms with Crippen LogP contribution in [-0.2, 0) is 16.4 Å². The molecule has 1 heterocycles. The lowest BCUT2D eigenvalue weighted by molar-refractivity contribution is 0.260. The second-order valence-corrected chi connectivity index (χ2v) is 8.10. The Hall–Kier alpha value is -1.07. The van der Waals surface area contributed by atoms with Crippen LogP contribution in [0.5, 0.6) is 0 Å². The smallest absolute Gasteiger partial charge is 0.243 e. The molecule has 1 saturated carbocycles. The molecule has 0 spiro atoms. The number of benzene rings is 1. The van der Waals surface area contributed by atoms with Crippen LogP contribution in [0.25, 0.3) is 0 Å². The van der Waals surface area contributed by atoms with E-state index < -0.39 is 10.0 Å². The molecular weight excluding hydrogens is 284 g/mol. The minimum absolute atomic E-state index is 0.204. The largest absolute Gasteiger partial charge is 0.399 e. The van der Waals surface area contributed by atoms with Gasteiger partial charge in [0.05, 0.1) is 4.90 Å². The first-order valence-corrected chi connectivity index (χ1v) is 9.38. The number of aryl methyl sites for hydroxylation is 1. The van der Waals surface area contributed by atoms with Crippen LogP contribution in [0.3, 0.4) is 0 Å². The van der Waals surface area contributed by atoms with E-state index in [-0.39, 0.29) is 6.04 Å². The third kappa shape index (κ3) is 2.57. The molecule has 0 radical (unpaired) electrons. The topological polar surface area (TPSA) is 63.4 Å². The summed E-state index contributed by atoms with van der Waals surface area (Å²) in [6, 6.07) is 5.46. The SMILES string of the molecule is CCc1ccc(N)cc1S(=O)(=O)N1CCC2CCCCC21. The molecule has 2 N–H and O–H groups in total. The highest BCUT2D eigenvalue weighted by molar-refractivity contribution is 7.89. The fourth-order valence-electron chi connectivity index (χ4n) is 3.89. The standard InChI is InChI=1S/C16H24N2O2S/c1-2-12-7-8-14(17)11-16(12)21(19,20)18-10-9-13-5-3-4-6-15(13)18/h7-8,11,13,15H,2-6,9-10,17H2,1H3. The minimum atomic E-state index is -3.42. The molecule has 2 unspecified atom stereocenters. The van der Waals surface area contributed by atoms with Gasteiger partial charge in [0.1, 0.15) is 0 Å². The van der Waals surface area contributed by atoms with E-state index in [1.807, 2.05) is 13.0 Å². The summed E-state index contributed by atoms with van der Waals surface area (Å²) in [7, 11) is -3.42. The first kappa shape index (κ1) is 14.9. The van der Waals surface area contributed by atoms with Crippen LogP contribution in [0.1, 0.15) is 44.6 Å². The highest BCUT2D eigenvalue weighted by Crippen LogP contribution is 2.39. The van der Waals surface area contributed by atoms with E-state index in [2.05, 4.69) is 0 Å². The molecule has 116 valence electrons. The molecule has 0 bridgehead atoms. The van der Waals surface area contributed by atoms with Crippen LogP contribution in [0.15, 0.2) is 23.1 Å². The van der Waals surface area contributed by atoms with Gasteiger partial charge in [0, 0.05) is 18.3 Å². The van der Waals surface area contributed by atoms with Gasteiger partial charge >= 0.3 is 0 Å². The van der Waals surface area contributed by atoms with Gasteiger partial charge in [0.25, 0.3) is 0 Å². The molecule has 1 aliphatic heterocycles. The van der Waals surface area contributed by atoms with E-state index in [1.54, 1.807) is 16.4 Å². The Morgan fingerprint density at radius 1 is 1.24 bits per heavy atom. The van der Waals surface area contributed by atoms with Crippen LogP contribution >= 0.6 is 0 Å². The van der Waals surface area contributed by atoms with Gasteiger partial charge in [-0.2, -0.15) is 4.31 Å². The van der Waals surface area contributed by atoms with Gasteiger partial charge in [-0.25, -0.2) is 8.42 Å². The van der Waals surface area contributed by atoms with Crippen LogP contribution < -0.4 is 5.73 Å². The highest BCUT2D eigenvalue weighted by Gasteiger charge is 2.42. The second kappa shape index (κ2) is 5.61. The molecule has 1 aliphatic carbocycles. The van der Waals surface area contributed by atoms with Crippen molar-refractivity contribution in [1.82, 2.24) is 4.31 Å². The number of rotatable bonds is 3. The van der Waals surface area contributed by atoms with Crippen LogP contribution in [0.4, 0.5) is 5.69 Å². The summed E-state index contributed by atoms with van der Waals surface area (Å²) >= 11 is 0. The Morgan fingerprint density at radius 2 is 2.00 bits per heavy atom. The number of hydrogen-bond donors (Lipinski definition) is 1. The third-order valence-corrected chi connectivity index (χ3v) is 7.02. The van der Waals surface area contributed by atoms with Crippen LogP contribution in [0.2, 0.25) is 0 Å². The molecule has 2 fully saturated rings. The average Bonchev–Trinajstić information content (AvgIpc) is 2.92. The summed E-state index contributed by atoms with van der Waals surface area (Å²) in [4.78, 5) is 0.413. The fraction of sp³-hybridized carbons (Fsp3) is 0.625. The van der Waals surface area contributed by atoms with Gasteiger partial charge < -0.3 is 5.73 Å². The summed E-state index contributed by atoms with van der Waals surface area (Å²) in [5.74, 6) is 0.555. The number of nitrogen functional groups attached to an aromatic ring is 1. The number of nitrogens with two attached hydrogens (primary N) is 1. The van der Waals surface area contributed by atoms with Crippen molar-refractivity contribution >= 4 is 15.7 Å². The lowest BCUT2D eigenvalue weighted by atomic mass is 9.86. The zero-order valence-electron chi connectivity index (χ0n) is 12.6. The number of anilines is 1. The molecule has 1 aromatic carbocycles. The lowest BCUT2D eigenvalue weighted by Crippen LogP contribution is -2.39. The Labute approximate surface area is 127 Å². The number of nitrogens with zero attached hydrogens (tertiary/aromatic N) is 1. The molecule has 2 atom stereocenters. The predicted molar refractivity (Wildman–Crippen MR) is 84.5 cm³/mol. The molecule has 21 heavy (non-hydrogen) atoms. The van der Waals surface area contributed by atoms with Crippen molar-refractivity contribution in [1.29, 1.82) is 0 Å². The van der Waals surface area contributed by atoms with Crippen molar-refractivity contribution < 1.29 is 8.42 Å². The highest BCUT2D eigenvalue weighted by atomic mass is 32.2. The number of fused-ring (bicyclic) bond motifs is 1. The summed E-state index contributed by atoms with van der Waals surface area (Å²) in [5, 5.41) is 0. The van der Waals surface area contributed by atoms with E-state index in [4.69, 9.17) is 5.73 Å². The van der Waals surface area contributed by atoms with Crippen molar-refractivity contribution in [3.8, 4) is 0 Å². The van der Waals surface area contributed by atoms with Crippen molar-refractivity contribution in [2.45, 2.75) is 56.4 Å². The molecule has 1 saturated heterocycles. The van der Waals surface area contributed by atoms with Gasteiger partial charge in [-0.15, -0.1) is 0 Å². The van der Waals surface area contributed by atoms with Crippen molar-refractivity contribution in [2.24, 2.45) is 5.92 Å². The second-order valence-electron chi connectivity index (χ2n) is 6.24. The molecule has 4 nitrogen and oxygen atoms in total. The fourth-order valence-corrected chi connectivity index (χ4v) is 5.95. The number of sulfonamides is 1. The summed E-state index contributed by atoms with van der Waals surface area (Å²) in [5.41, 5.74) is 7.21. The van der Waals surface area contributed by atoms with Crippen molar-refractivity contribution in [3.05, 3.63) is 23.8 Å². The van der Waals surface area contributed by atoms with E-state index in [0.717, 1.165) is 24.8 Å². The van der Waals surface area contributed by atoms with Crippen LogP contribution in [0, 0.1) is 5.92 Å². The first-order chi connectivity index (χ1) is 10.0. The zero-order valence-corrected chi connectivity index (χ0v) is 13.4.